The van der Waals surface area contributed by atoms with Gasteiger partial charge in [-0.05, 0) is 0 Å². The first-order valence-corrected chi connectivity index (χ1v) is 5.86. The van der Waals surface area contributed by atoms with Crippen molar-refractivity contribution in [2.75, 3.05) is 26.0 Å². The highest BCUT2D eigenvalue weighted by Gasteiger charge is 2.39. The molecule has 124 valence electrons. The molecule has 1 atom stereocenters. The molecule has 22 heavy (non-hydrogen) atoms. The minimum atomic E-state index is -4.90. The fraction of sp³-hybridized carbons (Fsp3) is 0.417. The lowest BCUT2D eigenvalue weighted by Crippen LogP contribution is -2.43. The van der Waals surface area contributed by atoms with Crippen molar-refractivity contribution in [3.05, 3.63) is 23.8 Å². The summed E-state index contributed by atoms with van der Waals surface area (Å²) in [6, 6.07) is 0.155. The predicted molar refractivity (Wildman–Crippen MR) is 66.6 cm³/mol. The zero-order chi connectivity index (χ0) is 17.1. The van der Waals surface area contributed by atoms with Gasteiger partial charge in [0, 0.05) is 19.2 Å². The molecular weight excluding hydrogens is 315 g/mol. The Bertz CT molecular complexity index is 550. The molecule has 2 N–H and O–H groups in total. The van der Waals surface area contributed by atoms with Crippen LogP contribution in [-0.4, -0.2) is 49.0 Å². The molecule has 0 heterocycles. The van der Waals surface area contributed by atoms with E-state index in [-0.39, 0.29) is 0 Å². The van der Waals surface area contributed by atoms with E-state index in [0.717, 1.165) is 14.2 Å². The number of ether oxygens (including phenoxy) is 1. The molecule has 1 aromatic carbocycles. The largest absolute Gasteiger partial charge is 0.494 e. The van der Waals surface area contributed by atoms with Gasteiger partial charge < -0.3 is 20.1 Å². The number of amides is 2. The van der Waals surface area contributed by atoms with Crippen LogP contribution in [0.4, 0.5) is 32.4 Å². The van der Waals surface area contributed by atoms with Crippen molar-refractivity contribution >= 4 is 11.7 Å². The highest BCUT2D eigenvalue weighted by molar-refractivity contribution is 5.89. The topological polar surface area (TPSA) is 61.8 Å². The number of nitrogens with zero attached hydrogens (tertiary/aromatic N) is 1. The number of nitrogens with one attached hydrogen (secondary N) is 1. The van der Waals surface area contributed by atoms with Crippen LogP contribution in [0.25, 0.3) is 0 Å². The average Bonchev–Trinajstić information content (AvgIpc) is 2.41. The maximum absolute atomic E-state index is 13.6. The average molecular weight is 328 g/mol. The Hall–Kier alpha value is -2.10. The summed E-state index contributed by atoms with van der Waals surface area (Å²) in [5, 5.41) is 10.7. The van der Waals surface area contributed by atoms with Crippen LogP contribution >= 0.6 is 0 Å². The lowest BCUT2D eigenvalue weighted by Gasteiger charge is -2.22. The third-order valence-electron chi connectivity index (χ3n) is 2.65. The van der Waals surface area contributed by atoms with E-state index in [1.54, 1.807) is 0 Å². The molecule has 1 aromatic rings. The van der Waals surface area contributed by atoms with Crippen molar-refractivity contribution < 1.29 is 36.6 Å². The predicted octanol–water partition coefficient (Wildman–Crippen LogP) is 2.36. The fourth-order valence-electron chi connectivity index (χ4n) is 1.44. The molecule has 1 rings (SSSR count). The van der Waals surface area contributed by atoms with Gasteiger partial charge in [-0.25, -0.2) is 13.6 Å². The number of aliphatic hydroxyl groups is 1. The van der Waals surface area contributed by atoms with Crippen LogP contribution in [0.5, 0.6) is 5.75 Å². The van der Waals surface area contributed by atoms with E-state index in [2.05, 4.69) is 4.74 Å². The summed E-state index contributed by atoms with van der Waals surface area (Å²) in [6.07, 6.45) is -7.65. The van der Waals surface area contributed by atoms with Gasteiger partial charge in [0.1, 0.15) is 0 Å². The number of hydrogen-bond acceptors (Lipinski definition) is 3. The lowest BCUT2D eigenvalue weighted by molar-refractivity contribution is -0.205. The number of carbonyl (C=O) groups is 1. The van der Waals surface area contributed by atoms with Gasteiger partial charge in [-0.2, -0.15) is 13.2 Å². The SMILES string of the molecule is COc1cc(F)c(NC(=O)N(C)CC(O)C(F)(F)F)cc1F. The van der Waals surface area contributed by atoms with Gasteiger partial charge in [-0.15, -0.1) is 0 Å². The van der Waals surface area contributed by atoms with Crippen LogP contribution in [0, 0.1) is 11.6 Å². The summed E-state index contributed by atoms with van der Waals surface area (Å²) < 4.78 is 68.0. The number of aliphatic hydroxyl groups excluding tert-OH is 1. The molecule has 0 radical (unpaired) electrons. The van der Waals surface area contributed by atoms with Crippen molar-refractivity contribution in [2.45, 2.75) is 12.3 Å². The number of alkyl halides is 3. The summed E-state index contributed by atoms with van der Waals surface area (Å²) in [5.74, 6) is -2.38. The maximum atomic E-state index is 13.6. The third kappa shape index (κ3) is 4.45. The van der Waals surface area contributed by atoms with Crippen LogP contribution in [-0.2, 0) is 0 Å². The van der Waals surface area contributed by atoms with E-state index >= 15 is 0 Å². The van der Waals surface area contributed by atoms with E-state index in [1.807, 2.05) is 5.32 Å². The molecule has 10 heteroatoms. The zero-order valence-electron chi connectivity index (χ0n) is 11.5. The fourth-order valence-corrected chi connectivity index (χ4v) is 1.44. The van der Waals surface area contributed by atoms with Crippen LogP contribution < -0.4 is 10.1 Å². The van der Waals surface area contributed by atoms with Crippen molar-refractivity contribution in [3.8, 4) is 5.75 Å². The zero-order valence-corrected chi connectivity index (χ0v) is 11.5. The number of hydrogen-bond donors (Lipinski definition) is 2. The Labute approximate surface area is 122 Å². The van der Waals surface area contributed by atoms with Crippen molar-refractivity contribution in [1.82, 2.24) is 4.90 Å². The molecular formula is C12H13F5N2O3. The minimum absolute atomic E-state index is 0.392. The van der Waals surface area contributed by atoms with Gasteiger partial charge in [0.25, 0.3) is 0 Å². The van der Waals surface area contributed by atoms with E-state index in [4.69, 9.17) is 5.11 Å². The van der Waals surface area contributed by atoms with Crippen LogP contribution in [0.1, 0.15) is 0 Å². The molecule has 0 aromatic heterocycles. The Balaban J connectivity index is 2.78. The summed E-state index contributed by atoms with van der Waals surface area (Å²) in [5.41, 5.74) is -0.573. The smallest absolute Gasteiger partial charge is 0.416 e. The number of urea groups is 1. The van der Waals surface area contributed by atoms with Crippen LogP contribution in [0.15, 0.2) is 12.1 Å². The standard InChI is InChI=1S/C12H13F5N2O3/c1-19(5-10(20)12(15,16)17)11(21)18-8-3-7(14)9(22-2)4-6(8)13/h3-4,10,20H,5H2,1-2H3,(H,18,21). The first-order chi connectivity index (χ1) is 10.1. The highest BCUT2D eigenvalue weighted by Crippen LogP contribution is 2.25. The molecule has 2 amide bonds. The Morgan fingerprint density at radius 2 is 1.95 bits per heavy atom. The van der Waals surface area contributed by atoms with Gasteiger partial charge in [-0.1, -0.05) is 0 Å². The van der Waals surface area contributed by atoms with Gasteiger partial charge >= 0.3 is 12.2 Å². The molecule has 1 unspecified atom stereocenters. The summed E-state index contributed by atoms with van der Waals surface area (Å²) in [6.45, 7) is -1.06. The Kier molecular flexibility index (Phi) is 5.53. The molecule has 0 aliphatic carbocycles. The Morgan fingerprint density at radius 1 is 1.36 bits per heavy atom. The van der Waals surface area contributed by atoms with Crippen molar-refractivity contribution in [1.29, 1.82) is 0 Å². The van der Waals surface area contributed by atoms with E-state index in [9.17, 15) is 26.7 Å². The molecule has 0 saturated heterocycles. The molecule has 5 nitrogen and oxygen atoms in total. The summed E-state index contributed by atoms with van der Waals surface area (Å²) in [7, 11) is 2.07. The number of anilines is 1. The number of likely N-dealkylation sites (N-methyl/N-ethyl adjacent to an activating group) is 1. The van der Waals surface area contributed by atoms with Gasteiger partial charge in [0.05, 0.1) is 19.3 Å². The first-order valence-electron chi connectivity index (χ1n) is 5.86. The van der Waals surface area contributed by atoms with Gasteiger partial charge in [0.2, 0.25) is 0 Å². The number of halogens is 5. The second kappa shape index (κ2) is 6.77. The maximum Gasteiger partial charge on any atom is 0.416 e. The number of rotatable bonds is 4. The van der Waals surface area contributed by atoms with E-state index < -0.39 is 47.9 Å². The normalized spacial score (nSPS) is 12.7. The molecule has 0 bridgehead atoms. The molecule has 0 spiro atoms. The van der Waals surface area contributed by atoms with Gasteiger partial charge in [0.15, 0.2) is 23.5 Å². The van der Waals surface area contributed by atoms with Crippen LogP contribution in [0.3, 0.4) is 0 Å². The number of carbonyl (C=O) groups excluding carboxylic acids is 1. The molecule has 0 aliphatic heterocycles. The second-order valence-electron chi connectivity index (χ2n) is 4.33. The first kappa shape index (κ1) is 18.0. The summed E-state index contributed by atoms with van der Waals surface area (Å²) in [4.78, 5) is 12.1. The monoisotopic (exact) mass is 328 g/mol. The molecule has 0 fully saturated rings. The molecule has 0 aliphatic rings. The quantitative estimate of drug-likeness (QED) is 0.834. The summed E-state index contributed by atoms with van der Waals surface area (Å²) >= 11 is 0. The van der Waals surface area contributed by atoms with Gasteiger partial charge in [-0.3, -0.25) is 0 Å². The van der Waals surface area contributed by atoms with Crippen molar-refractivity contribution in [2.24, 2.45) is 0 Å². The third-order valence-corrected chi connectivity index (χ3v) is 2.65. The number of benzene rings is 1. The molecule has 0 saturated carbocycles. The van der Waals surface area contributed by atoms with E-state index in [0.29, 0.717) is 17.0 Å². The van der Waals surface area contributed by atoms with E-state index in [1.165, 1.54) is 0 Å². The minimum Gasteiger partial charge on any atom is -0.494 e. The second-order valence-corrected chi connectivity index (χ2v) is 4.33. The van der Waals surface area contributed by atoms with Crippen molar-refractivity contribution in [3.63, 3.8) is 0 Å². The highest BCUT2D eigenvalue weighted by atomic mass is 19.4. The Morgan fingerprint density at radius 3 is 2.45 bits per heavy atom. The number of methoxy groups -OCH3 is 1. The lowest BCUT2D eigenvalue weighted by atomic mass is 10.2. The van der Waals surface area contributed by atoms with Crippen LogP contribution in [0.2, 0.25) is 0 Å².